The van der Waals surface area contributed by atoms with E-state index in [-0.39, 0.29) is 37.3 Å². The molecule has 25 heavy (non-hydrogen) atoms. The highest BCUT2D eigenvalue weighted by molar-refractivity contribution is 6.40. The summed E-state index contributed by atoms with van der Waals surface area (Å²) in [7, 11) is 0. The van der Waals surface area contributed by atoms with Gasteiger partial charge in [0.15, 0.2) is 5.78 Å². The zero-order valence-electron chi connectivity index (χ0n) is 14.9. The van der Waals surface area contributed by atoms with E-state index in [1.807, 2.05) is 0 Å². The molecule has 2 saturated carbocycles. The number of aryl methyl sites for hydroxylation is 1. The maximum Gasteiger partial charge on any atom is 0.206 e. The highest BCUT2D eigenvalue weighted by Crippen LogP contribution is 2.65. The fourth-order valence-corrected chi connectivity index (χ4v) is 6.61. The molecular weight excluding hydrogens is 320 g/mol. The first-order valence-electron chi connectivity index (χ1n) is 9.18. The van der Waals surface area contributed by atoms with E-state index in [2.05, 4.69) is 6.92 Å². The average Bonchev–Trinajstić information content (AvgIpc) is 3.09. The van der Waals surface area contributed by atoms with Crippen molar-refractivity contribution >= 4 is 11.6 Å². The SMILES string of the molecule is CC1(CO)C(=O)C(=O)CC2(C)C1CCC1(CO)c3cocc3CCC12. The molecule has 3 aliphatic carbocycles. The highest BCUT2D eigenvalue weighted by atomic mass is 16.3. The minimum absolute atomic E-state index is 0.0183. The summed E-state index contributed by atoms with van der Waals surface area (Å²) in [5.74, 6) is -0.749. The quantitative estimate of drug-likeness (QED) is 0.800. The van der Waals surface area contributed by atoms with E-state index >= 15 is 0 Å². The maximum atomic E-state index is 12.6. The van der Waals surface area contributed by atoms with Crippen LogP contribution in [-0.4, -0.2) is 35.0 Å². The first-order chi connectivity index (χ1) is 11.8. The second-order valence-corrected chi connectivity index (χ2v) is 8.82. The first-order valence-corrected chi connectivity index (χ1v) is 9.18. The Bertz CT molecular complexity index is 736. The number of ketones is 2. The Hall–Kier alpha value is -1.46. The molecule has 1 aromatic heterocycles. The predicted molar refractivity (Wildman–Crippen MR) is 89.9 cm³/mol. The van der Waals surface area contributed by atoms with Crippen molar-refractivity contribution in [3.05, 3.63) is 23.7 Å². The lowest BCUT2D eigenvalue weighted by atomic mass is 9.40. The van der Waals surface area contributed by atoms with Crippen molar-refractivity contribution in [2.24, 2.45) is 22.7 Å². The van der Waals surface area contributed by atoms with Crippen LogP contribution in [-0.2, 0) is 21.4 Å². The molecule has 1 aromatic rings. The summed E-state index contributed by atoms with van der Waals surface area (Å²) < 4.78 is 5.44. The Morgan fingerprint density at radius 3 is 2.56 bits per heavy atom. The Kier molecular flexibility index (Phi) is 3.58. The minimum atomic E-state index is -1.01. The van der Waals surface area contributed by atoms with E-state index in [1.54, 1.807) is 19.5 Å². The number of hydrogen-bond acceptors (Lipinski definition) is 5. The summed E-state index contributed by atoms with van der Waals surface area (Å²) in [6.45, 7) is 3.56. The van der Waals surface area contributed by atoms with Gasteiger partial charge in [-0.05, 0) is 55.4 Å². The van der Waals surface area contributed by atoms with Gasteiger partial charge >= 0.3 is 0 Å². The van der Waals surface area contributed by atoms with Crippen molar-refractivity contribution in [1.29, 1.82) is 0 Å². The van der Waals surface area contributed by atoms with Gasteiger partial charge in [-0.15, -0.1) is 0 Å². The van der Waals surface area contributed by atoms with Crippen LogP contribution in [0.3, 0.4) is 0 Å². The van der Waals surface area contributed by atoms with Gasteiger partial charge in [-0.25, -0.2) is 0 Å². The molecule has 0 aromatic carbocycles. The molecule has 0 aliphatic heterocycles. The second kappa shape index (κ2) is 5.27. The molecule has 0 saturated heterocycles. The molecular formula is C20H26O5. The Morgan fingerprint density at radius 2 is 1.88 bits per heavy atom. The normalized spacial score (nSPS) is 43.4. The van der Waals surface area contributed by atoms with Gasteiger partial charge in [-0.3, -0.25) is 9.59 Å². The van der Waals surface area contributed by atoms with E-state index in [4.69, 9.17) is 4.42 Å². The third-order valence-electron chi connectivity index (χ3n) is 7.81. The molecule has 5 nitrogen and oxygen atoms in total. The van der Waals surface area contributed by atoms with E-state index in [0.29, 0.717) is 6.42 Å². The molecule has 0 radical (unpaired) electrons. The second-order valence-electron chi connectivity index (χ2n) is 8.82. The third kappa shape index (κ3) is 1.91. The zero-order chi connectivity index (χ0) is 18.0. The van der Waals surface area contributed by atoms with Crippen molar-refractivity contribution in [2.45, 2.75) is 51.4 Å². The lowest BCUT2D eigenvalue weighted by Gasteiger charge is -2.63. The smallest absolute Gasteiger partial charge is 0.206 e. The number of aliphatic hydroxyl groups excluding tert-OH is 2. The summed E-state index contributed by atoms with van der Waals surface area (Å²) in [5.41, 5.74) is 0.389. The molecule has 5 heteroatoms. The van der Waals surface area contributed by atoms with E-state index < -0.39 is 22.0 Å². The van der Waals surface area contributed by atoms with Crippen LogP contribution < -0.4 is 0 Å². The monoisotopic (exact) mass is 346 g/mol. The molecule has 3 aliphatic rings. The van der Waals surface area contributed by atoms with Gasteiger partial charge in [0.1, 0.15) is 0 Å². The van der Waals surface area contributed by atoms with Crippen LogP contribution >= 0.6 is 0 Å². The van der Waals surface area contributed by atoms with Crippen molar-refractivity contribution in [3.8, 4) is 0 Å². The van der Waals surface area contributed by atoms with Crippen LogP contribution in [0.25, 0.3) is 0 Å². The molecule has 4 rings (SSSR count). The lowest BCUT2D eigenvalue weighted by molar-refractivity contribution is -0.173. The topological polar surface area (TPSA) is 87.7 Å². The largest absolute Gasteiger partial charge is 0.472 e. The van der Waals surface area contributed by atoms with Gasteiger partial charge in [0.25, 0.3) is 0 Å². The van der Waals surface area contributed by atoms with Crippen LogP contribution in [0, 0.1) is 22.7 Å². The summed E-state index contributed by atoms with van der Waals surface area (Å²) in [6, 6.07) is 0. The van der Waals surface area contributed by atoms with Crippen LogP contribution in [0.15, 0.2) is 16.9 Å². The zero-order valence-corrected chi connectivity index (χ0v) is 14.9. The number of furan rings is 1. The number of fused-ring (bicyclic) bond motifs is 5. The summed E-state index contributed by atoms with van der Waals surface area (Å²) in [5, 5.41) is 20.4. The fraction of sp³-hybridized carbons (Fsp3) is 0.700. The molecule has 0 amide bonds. The lowest BCUT2D eigenvalue weighted by Crippen LogP contribution is -2.64. The number of hydrogen-bond donors (Lipinski definition) is 2. The van der Waals surface area contributed by atoms with Crippen LogP contribution in [0.1, 0.15) is 50.7 Å². The third-order valence-corrected chi connectivity index (χ3v) is 7.81. The molecule has 2 N–H and O–H groups in total. The highest BCUT2D eigenvalue weighted by Gasteiger charge is 2.66. The van der Waals surface area contributed by atoms with Crippen molar-refractivity contribution < 1.29 is 24.2 Å². The van der Waals surface area contributed by atoms with Gasteiger partial charge in [-0.1, -0.05) is 6.92 Å². The number of Topliss-reactive ketones (excluding diaryl/α,β-unsaturated/α-hetero) is 2. The van der Waals surface area contributed by atoms with Gasteiger partial charge in [0, 0.05) is 17.4 Å². The average molecular weight is 346 g/mol. The molecule has 5 unspecified atom stereocenters. The molecule has 136 valence electrons. The predicted octanol–water partition coefficient (Wildman–Crippen LogP) is 2.03. The van der Waals surface area contributed by atoms with Gasteiger partial charge in [0.05, 0.1) is 31.2 Å². The Balaban J connectivity index is 1.86. The van der Waals surface area contributed by atoms with Crippen molar-refractivity contribution in [2.75, 3.05) is 13.2 Å². The minimum Gasteiger partial charge on any atom is -0.472 e. The molecule has 5 atom stereocenters. The van der Waals surface area contributed by atoms with E-state index in [0.717, 1.165) is 30.4 Å². The number of carbonyl (C=O) groups excluding carboxylic acids is 2. The van der Waals surface area contributed by atoms with Crippen LogP contribution in [0.2, 0.25) is 0 Å². The number of rotatable bonds is 2. The summed E-state index contributed by atoms with van der Waals surface area (Å²) in [4.78, 5) is 25.1. The summed E-state index contributed by atoms with van der Waals surface area (Å²) in [6.07, 6.45) is 6.92. The molecule has 2 fully saturated rings. The Labute approximate surface area is 147 Å². The summed E-state index contributed by atoms with van der Waals surface area (Å²) >= 11 is 0. The number of carbonyl (C=O) groups is 2. The van der Waals surface area contributed by atoms with Crippen molar-refractivity contribution in [1.82, 2.24) is 0 Å². The first kappa shape index (κ1) is 17.0. The molecule has 0 spiro atoms. The van der Waals surface area contributed by atoms with E-state index in [9.17, 15) is 19.8 Å². The Morgan fingerprint density at radius 1 is 1.12 bits per heavy atom. The van der Waals surface area contributed by atoms with Crippen LogP contribution in [0.4, 0.5) is 0 Å². The molecule has 0 bridgehead atoms. The van der Waals surface area contributed by atoms with Crippen molar-refractivity contribution in [3.63, 3.8) is 0 Å². The van der Waals surface area contributed by atoms with Gasteiger partial charge < -0.3 is 14.6 Å². The van der Waals surface area contributed by atoms with Crippen LogP contribution in [0.5, 0.6) is 0 Å². The maximum absolute atomic E-state index is 12.6. The standard InChI is InChI=1S/C20H26O5/c1-18-7-14(23)17(24)19(2,10-21)15(18)5-6-20(11-22)13-9-25-8-12(13)3-4-16(18)20/h8-9,15-16,21-22H,3-7,10-11H2,1-2H3. The molecule has 1 heterocycles. The number of aliphatic hydroxyl groups is 2. The van der Waals surface area contributed by atoms with Gasteiger partial charge in [-0.2, -0.15) is 0 Å². The fourth-order valence-electron chi connectivity index (χ4n) is 6.61. The van der Waals surface area contributed by atoms with E-state index in [1.165, 1.54) is 0 Å². The van der Waals surface area contributed by atoms with Gasteiger partial charge in [0.2, 0.25) is 5.78 Å².